The topological polar surface area (TPSA) is 66.4 Å². The van der Waals surface area contributed by atoms with E-state index < -0.39 is 12.0 Å². The molecule has 0 aliphatic rings. The van der Waals surface area contributed by atoms with E-state index in [4.69, 9.17) is 16.7 Å². The number of halogens is 1. The first-order valence-electron chi connectivity index (χ1n) is 5.29. The monoisotopic (exact) mass is 255 g/mol. The van der Waals surface area contributed by atoms with Gasteiger partial charge in [0.25, 0.3) is 0 Å². The first-order valence-corrected chi connectivity index (χ1v) is 5.67. The highest BCUT2D eigenvalue weighted by molar-refractivity contribution is 6.30. The number of nitrogens with one attached hydrogen (secondary N) is 1. The van der Waals surface area contributed by atoms with Crippen molar-refractivity contribution in [2.45, 2.75) is 25.8 Å². The fourth-order valence-electron chi connectivity index (χ4n) is 1.35. The lowest BCUT2D eigenvalue weighted by atomic mass is 10.1. The SMILES string of the molecule is CCC(=O)NC(Cc1ccc(Cl)cc1)C(=O)O. The molecule has 1 unspecified atom stereocenters. The number of carboxylic acids is 1. The molecule has 0 aromatic heterocycles. The van der Waals surface area contributed by atoms with E-state index in [0.717, 1.165) is 5.56 Å². The molecule has 1 amide bonds. The van der Waals surface area contributed by atoms with Crippen LogP contribution in [0.3, 0.4) is 0 Å². The molecule has 0 aliphatic heterocycles. The summed E-state index contributed by atoms with van der Waals surface area (Å²) >= 11 is 5.73. The fourth-order valence-corrected chi connectivity index (χ4v) is 1.48. The lowest BCUT2D eigenvalue weighted by molar-refractivity contribution is -0.141. The number of rotatable bonds is 5. The molecular weight excluding hydrogens is 242 g/mol. The number of hydrogen-bond acceptors (Lipinski definition) is 2. The van der Waals surface area contributed by atoms with Gasteiger partial charge in [0, 0.05) is 17.9 Å². The Balaban J connectivity index is 2.70. The quantitative estimate of drug-likeness (QED) is 0.844. The number of carbonyl (C=O) groups excluding carboxylic acids is 1. The molecular formula is C12H14ClNO3. The van der Waals surface area contributed by atoms with Crippen LogP contribution >= 0.6 is 11.6 Å². The van der Waals surface area contributed by atoms with E-state index in [0.29, 0.717) is 5.02 Å². The van der Waals surface area contributed by atoms with Crippen LogP contribution in [0.15, 0.2) is 24.3 Å². The van der Waals surface area contributed by atoms with E-state index >= 15 is 0 Å². The van der Waals surface area contributed by atoms with E-state index in [1.165, 1.54) is 0 Å². The minimum absolute atomic E-state index is 0.248. The van der Waals surface area contributed by atoms with Gasteiger partial charge in [-0.05, 0) is 17.7 Å². The Morgan fingerprint density at radius 1 is 1.35 bits per heavy atom. The van der Waals surface area contributed by atoms with Crippen LogP contribution in [0.5, 0.6) is 0 Å². The summed E-state index contributed by atoms with van der Waals surface area (Å²) in [6.07, 6.45) is 0.517. The van der Waals surface area contributed by atoms with Gasteiger partial charge < -0.3 is 10.4 Å². The van der Waals surface area contributed by atoms with Crippen LogP contribution in [-0.4, -0.2) is 23.0 Å². The van der Waals surface area contributed by atoms with E-state index in [1.807, 2.05) is 0 Å². The number of hydrogen-bond donors (Lipinski definition) is 2. The van der Waals surface area contributed by atoms with Gasteiger partial charge in [0.15, 0.2) is 0 Å². The lowest BCUT2D eigenvalue weighted by Crippen LogP contribution is -2.42. The highest BCUT2D eigenvalue weighted by Gasteiger charge is 2.19. The molecule has 0 fully saturated rings. The van der Waals surface area contributed by atoms with Gasteiger partial charge in [-0.3, -0.25) is 4.79 Å². The number of benzene rings is 1. The minimum Gasteiger partial charge on any atom is -0.480 e. The maximum atomic E-state index is 11.2. The van der Waals surface area contributed by atoms with Crippen molar-refractivity contribution in [2.75, 3.05) is 0 Å². The van der Waals surface area contributed by atoms with Gasteiger partial charge in [-0.1, -0.05) is 30.7 Å². The van der Waals surface area contributed by atoms with Crippen LogP contribution in [0.1, 0.15) is 18.9 Å². The lowest BCUT2D eigenvalue weighted by Gasteiger charge is -2.14. The van der Waals surface area contributed by atoms with Crippen molar-refractivity contribution in [3.63, 3.8) is 0 Å². The van der Waals surface area contributed by atoms with Gasteiger partial charge in [-0.25, -0.2) is 4.79 Å². The number of amides is 1. The molecule has 1 aromatic rings. The standard InChI is InChI=1S/C12H14ClNO3/c1-2-11(15)14-10(12(16)17)7-8-3-5-9(13)6-4-8/h3-6,10H,2,7H2,1H3,(H,14,15)(H,16,17). The van der Waals surface area contributed by atoms with Crippen LogP contribution in [0.2, 0.25) is 5.02 Å². The zero-order chi connectivity index (χ0) is 12.8. The molecule has 1 rings (SSSR count). The third-order valence-corrected chi connectivity index (χ3v) is 2.56. The van der Waals surface area contributed by atoms with Crippen molar-refractivity contribution in [1.82, 2.24) is 5.32 Å². The Morgan fingerprint density at radius 3 is 2.41 bits per heavy atom. The maximum absolute atomic E-state index is 11.2. The minimum atomic E-state index is -1.04. The number of aliphatic carboxylic acids is 1. The van der Waals surface area contributed by atoms with E-state index in [2.05, 4.69) is 5.32 Å². The summed E-state index contributed by atoms with van der Waals surface area (Å²) in [6.45, 7) is 1.68. The van der Waals surface area contributed by atoms with Crippen LogP contribution in [0.4, 0.5) is 0 Å². The van der Waals surface area contributed by atoms with Crippen molar-refractivity contribution >= 4 is 23.5 Å². The Hall–Kier alpha value is -1.55. The first kappa shape index (κ1) is 13.5. The summed E-state index contributed by atoms with van der Waals surface area (Å²) < 4.78 is 0. The average Bonchev–Trinajstić information content (AvgIpc) is 2.30. The number of carbonyl (C=O) groups is 2. The van der Waals surface area contributed by atoms with Crippen LogP contribution in [0.25, 0.3) is 0 Å². The van der Waals surface area contributed by atoms with Gasteiger partial charge in [0.1, 0.15) is 6.04 Å². The van der Waals surface area contributed by atoms with Gasteiger partial charge in [0.05, 0.1) is 0 Å². The molecule has 1 aromatic carbocycles. The number of carboxylic acid groups (broad SMARTS) is 1. The third-order valence-electron chi connectivity index (χ3n) is 2.31. The fraction of sp³-hybridized carbons (Fsp3) is 0.333. The van der Waals surface area contributed by atoms with Crippen LogP contribution in [-0.2, 0) is 16.0 Å². The second kappa shape index (κ2) is 6.25. The van der Waals surface area contributed by atoms with Crippen molar-refractivity contribution < 1.29 is 14.7 Å². The van der Waals surface area contributed by atoms with E-state index in [9.17, 15) is 9.59 Å². The molecule has 0 spiro atoms. The van der Waals surface area contributed by atoms with Gasteiger partial charge in [-0.2, -0.15) is 0 Å². The first-order chi connectivity index (χ1) is 8.02. The summed E-state index contributed by atoms with van der Waals surface area (Å²) in [4.78, 5) is 22.2. The Morgan fingerprint density at radius 2 is 1.94 bits per heavy atom. The van der Waals surface area contributed by atoms with Gasteiger partial charge in [-0.15, -0.1) is 0 Å². The normalized spacial score (nSPS) is 11.9. The van der Waals surface area contributed by atoms with Crippen LogP contribution < -0.4 is 5.32 Å². The molecule has 1 atom stereocenters. The molecule has 2 N–H and O–H groups in total. The molecule has 0 radical (unpaired) electrons. The summed E-state index contributed by atoms with van der Waals surface area (Å²) in [7, 11) is 0. The van der Waals surface area contributed by atoms with Crippen molar-refractivity contribution in [3.05, 3.63) is 34.9 Å². The summed E-state index contributed by atoms with van der Waals surface area (Å²) in [5.74, 6) is -1.31. The molecule has 0 heterocycles. The van der Waals surface area contributed by atoms with Gasteiger partial charge in [0.2, 0.25) is 5.91 Å². The zero-order valence-electron chi connectivity index (χ0n) is 9.44. The molecule has 0 saturated heterocycles. The molecule has 0 saturated carbocycles. The maximum Gasteiger partial charge on any atom is 0.326 e. The summed E-state index contributed by atoms with van der Waals surface area (Å²) in [5, 5.41) is 12.0. The predicted octanol–water partition coefficient (Wildman–Crippen LogP) is 1.86. The van der Waals surface area contributed by atoms with Crippen molar-refractivity contribution in [1.29, 1.82) is 0 Å². The molecule has 17 heavy (non-hydrogen) atoms. The molecule has 0 aliphatic carbocycles. The van der Waals surface area contributed by atoms with E-state index in [1.54, 1.807) is 31.2 Å². The largest absolute Gasteiger partial charge is 0.480 e. The molecule has 5 heteroatoms. The average molecular weight is 256 g/mol. The van der Waals surface area contributed by atoms with E-state index in [-0.39, 0.29) is 18.7 Å². The highest BCUT2D eigenvalue weighted by Crippen LogP contribution is 2.11. The highest BCUT2D eigenvalue weighted by atomic mass is 35.5. The van der Waals surface area contributed by atoms with Crippen molar-refractivity contribution in [2.24, 2.45) is 0 Å². The second-order valence-corrected chi connectivity index (χ2v) is 4.08. The molecule has 0 bridgehead atoms. The Kier molecular flexibility index (Phi) is 4.97. The van der Waals surface area contributed by atoms with Crippen LogP contribution in [0, 0.1) is 0 Å². The van der Waals surface area contributed by atoms with Gasteiger partial charge >= 0.3 is 5.97 Å². The summed E-state index contributed by atoms with van der Waals surface area (Å²) in [5.41, 5.74) is 0.818. The second-order valence-electron chi connectivity index (χ2n) is 3.64. The Labute approximate surface area is 105 Å². The predicted molar refractivity (Wildman–Crippen MR) is 65.0 cm³/mol. The molecule has 92 valence electrons. The smallest absolute Gasteiger partial charge is 0.326 e. The van der Waals surface area contributed by atoms with Crippen molar-refractivity contribution in [3.8, 4) is 0 Å². The summed E-state index contributed by atoms with van der Waals surface area (Å²) in [6, 6.07) is 5.98. The third kappa shape index (κ3) is 4.44. The Bertz CT molecular complexity index is 403. The molecule has 4 nitrogen and oxygen atoms in total. The zero-order valence-corrected chi connectivity index (χ0v) is 10.2.